The molecule has 2 heteroatoms. The fraction of sp³-hybridized carbons (Fsp3) is 0.250. The molecule has 0 saturated heterocycles. The summed E-state index contributed by atoms with van der Waals surface area (Å²) in [7, 11) is 0. The van der Waals surface area contributed by atoms with Gasteiger partial charge in [0.05, 0.1) is 6.61 Å². The Bertz CT molecular complexity index is 210. The third kappa shape index (κ3) is 1.72. The molecule has 0 aliphatic heterocycles. The first-order valence-electron chi connectivity index (χ1n) is 3.23. The molecule has 0 aromatic carbocycles. The molecular weight excluding hydrogens is 126 g/mol. The zero-order valence-corrected chi connectivity index (χ0v) is 6.00. The standard InChI is InChI=1S/C8H10NO/c1-3-10-8-6-7(2)4-5-9-8/h4-6H,2-3H2,1H3. The largest absolute Gasteiger partial charge is 0.478 e. The van der Waals surface area contributed by atoms with Crippen molar-refractivity contribution in [1.82, 2.24) is 4.98 Å². The van der Waals surface area contributed by atoms with Crippen LogP contribution < -0.4 is 4.74 Å². The minimum Gasteiger partial charge on any atom is -0.478 e. The van der Waals surface area contributed by atoms with Gasteiger partial charge in [-0.2, -0.15) is 0 Å². The zero-order valence-electron chi connectivity index (χ0n) is 6.00. The molecule has 0 aliphatic rings. The molecule has 0 N–H and O–H groups in total. The van der Waals surface area contributed by atoms with Gasteiger partial charge < -0.3 is 4.74 Å². The summed E-state index contributed by atoms with van der Waals surface area (Å²) in [6, 6.07) is 3.64. The van der Waals surface area contributed by atoms with Crippen molar-refractivity contribution in [2.75, 3.05) is 6.61 Å². The summed E-state index contributed by atoms with van der Waals surface area (Å²) in [5.41, 5.74) is 0.929. The Morgan fingerprint density at radius 1 is 1.70 bits per heavy atom. The predicted molar refractivity (Wildman–Crippen MR) is 39.9 cm³/mol. The van der Waals surface area contributed by atoms with Crippen molar-refractivity contribution in [3.05, 3.63) is 30.8 Å². The fourth-order valence-corrected chi connectivity index (χ4v) is 0.677. The highest BCUT2D eigenvalue weighted by atomic mass is 16.5. The van der Waals surface area contributed by atoms with Gasteiger partial charge in [0.2, 0.25) is 5.88 Å². The van der Waals surface area contributed by atoms with Gasteiger partial charge in [0.25, 0.3) is 0 Å². The molecule has 0 aliphatic carbocycles. The van der Waals surface area contributed by atoms with E-state index in [9.17, 15) is 0 Å². The molecule has 1 radical (unpaired) electrons. The lowest BCUT2D eigenvalue weighted by Crippen LogP contribution is -1.93. The number of pyridine rings is 1. The Hall–Kier alpha value is -1.05. The second kappa shape index (κ2) is 3.20. The molecule has 0 bridgehead atoms. The van der Waals surface area contributed by atoms with Crippen LogP contribution in [0.3, 0.4) is 0 Å². The van der Waals surface area contributed by atoms with Gasteiger partial charge in [0, 0.05) is 12.3 Å². The molecule has 1 heterocycles. The van der Waals surface area contributed by atoms with Gasteiger partial charge in [-0.1, -0.05) is 0 Å². The average Bonchev–Trinajstić information content (AvgIpc) is 1.88. The highest BCUT2D eigenvalue weighted by molar-refractivity contribution is 5.22. The van der Waals surface area contributed by atoms with Crippen molar-refractivity contribution in [3.63, 3.8) is 0 Å². The molecule has 0 unspecified atom stereocenters. The van der Waals surface area contributed by atoms with E-state index < -0.39 is 0 Å². The predicted octanol–water partition coefficient (Wildman–Crippen LogP) is 1.66. The van der Waals surface area contributed by atoms with E-state index in [1.54, 1.807) is 6.20 Å². The highest BCUT2D eigenvalue weighted by Gasteiger charge is 1.90. The lowest BCUT2D eigenvalue weighted by molar-refractivity contribution is 0.327. The van der Waals surface area contributed by atoms with E-state index in [0.717, 1.165) is 5.56 Å². The Balaban J connectivity index is 2.75. The molecule has 0 atom stereocenters. The number of nitrogens with zero attached hydrogens (tertiary/aromatic N) is 1. The summed E-state index contributed by atoms with van der Waals surface area (Å²) in [6.45, 7) is 6.32. The van der Waals surface area contributed by atoms with E-state index in [1.165, 1.54) is 0 Å². The number of hydrogen-bond donors (Lipinski definition) is 0. The SMILES string of the molecule is [CH2]c1ccnc(OCC)c1. The molecular formula is C8H10NO. The molecule has 0 spiro atoms. The van der Waals surface area contributed by atoms with E-state index in [4.69, 9.17) is 4.74 Å². The Morgan fingerprint density at radius 2 is 2.50 bits per heavy atom. The van der Waals surface area contributed by atoms with Crippen LogP contribution in [0, 0.1) is 6.92 Å². The van der Waals surface area contributed by atoms with Gasteiger partial charge in [-0.15, -0.1) is 0 Å². The third-order valence-electron chi connectivity index (χ3n) is 1.09. The first kappa shape index (κ1) is 7.06. The van der Waals surface area contributed by atoms with Crippen LogP contribution in [0.5, 0.6) is 5.88 Å². The minimum atomic E-state index is 0.648. The Morgan fingerprint density at radius 3 is 3.10 bits per heavy atom. The van der Waals surface area contributed by atoms with Gasteiger partial charge >= 0.3 is 0 Å². The van der Waals surface area contributed by atoms with E-state index in [-0.39, 0.29) is 0 Å². The van der Waals surface area contributed by atoms with E-state index >= 15 is 0 Å². The van der Waals surface area contributed by atoms with Crippen molar-refractivity contribution in [2.45, 2.75) is 6.92 Å². The number of rotatable bonds is 2. The van der Waals surface area contributed by atoms with Crippen LogP contribution in [0.2, 0.25) is 0 Å². The maximum atomic E-state index is 5.14. The van der Waals surface area contributed by atoms with Gasteiger partial charge in [-0.25, -0.2) is 4.98 Å². The molecule has 0 fully saturated rings. The zero-order chi connectivity index (χ0) is 7.40. The van der Waals surface area contributed by atoms with Gasteiger partial charge in [-0.05, 0) is 25.5 Å². The fourth-order valence-electron chi connectivity index (χ4n) is 0.677. The van der Waals surface area contributed by atoms with E-state index in [2.05, 4.69) is 11.9 Å². The normalized spacial score (nSPS) is 9.40. The summed E-state index contributed by atoms with van der Waals surface area (Å²) in [5, 5.41) is 0. The maximum Gasteiger partial charge on any atom is 0.213 e. The smallest absolute Gasteiger partial charge is 0.213 e. The van der Waals surface area contributed by atoms with Gasteiger partial charge in [-0.3, -0.25) is 0 Å². The van der Waals surface area contributed by atoms with Crippen LogP contribution in [-0.4, -0.2) is 11.6 Å². The van der Waals surface area contributed by atoms with Crippen LogP contribution in [-0.2, 0) is 0 Å². The number of ether oxygens (including phenoxy) is 1. The van der Waals surface area contributed by atoms with Crippen molar-refractivity contribution < 1.29 is 4.74 Å². The summed E-state index contributed by atoms with van der Waals surface area (Å²) < 4.78 is 5.14. The molecule has 2 nitrogen and oxygen atoms in total. The molecule has 53 valence electrons. The van der Waals surface area contributed by atoms with Crippen LogP contribution >= 0.6 is 0 Å². The number of hydrogen-bond acceptors (Lipinski definition) is 2. The molecule has 0 amide bonds. The monoisotopic (exact) mass is 136 g/mol. The van der Waals surface area contributed by atoms with Gasteiger partial charge in [0.15, 0.2) is 0 Å². The quantitative estimate of drug-likeness (QED) is 0.616. The average molecular weight is 136 g/mol. The lowest BCUT2D eigenvalue weighted by atomic mass is 10.3. The van der Waals surface area contributed by atoms with Crippen molar-refractivity contribution >= 4 is 0 Å². The summed E-state index contributed by atoms with van der Waals surface area (Å²) in [5.74, 6) is 0.648. The summed E-state index contributed by atoms with van der Waals surface area (Å²) >= 11 is 0. The highest BCUT2D eigenvalue weighted by Crippen LogP contribution is 2.06. The van der Waals surface area contributed by atoms with Crippen LogP contribution in [0.1, 0.15) is 12.5 Å². The maximum absolute atomic E-state index is 5.14. The topological polar surface area (TPSA) is 22.1 Å². The minimum absolute atomic E-state index is 0.648. The third-order valence-corrected chi connectivity index (χ3v) is 1.09. The van der Waals surface area contributed by atoms with Crippen LogP contribution in [0.4, 0.5) is 0 Å². The van der Waals surface area contributed by atoms with Crippen molar-refractivity contribution in [2.24, 2.45) is 0 Å². The number of aromatic nitrogens is 1. The molecule has 1 aromatic heterocycles. The first-order chi connectivity index (χ1) is 4.83. The Kier molecular flexibility index (Phi) is 2.26. The van der Waals surface area contributed by atoms with Gasteiger partial charge in [0.1, 0.15) is 0 Å². The second-order valence-electron chi connectivity index (χ2n) is 1.94. The van der Waals surface area contributed by atoms with Crippen molar-refractivity contribution in [1.29, 1.82) is 0 Å². The molecule has 1 rings (SSSR count). The molecule has 10 heavy (non-hydrogen) atoms. The Labute approximate surface area is 60.9 Å². The van der Waals surface area contributed by atoms with Crippen molar-refractivity contribution in [3.8, 4) is 5.88 Å². The second-order valence-corrected chi connectivity index (χ2v) is 1.94. The summed E-state index contributed by atoms with van der Waals surface area (Å²) in [6.07, 6.45) is 1.69. The van der Waals surface area contributed by atoms with E-state index in [0.29, 0.717) is 12.5 Å². The summed E-state index contributed by atoms with van der Waals surface area (Å²) in [4.78, 5) is 3.97. The van der Waals surface area contributed by atoms with E-state index in [1.807, 2.05) is 19.1 Å². The molecule has 0 saturated carbocycles. The van der Waals surface area contributed by atoms with Crippen LogP contribution in [0.15, 0.2) is 18.3 Å². The molecule has 1 aromatic rings. The lowest BCUT2D eigenvalue weighted by Gasteiger charge is -2.00. The van der Waals surface area contributed by atoms with Crippen LogP contribution in [0.25, 0.3) is 0 Å². The first-order valence-corrected chi connectivity index (χ1v) is 3.23.